The molecule has 1 saturated heterocycles. The molecule has 1 atom stereocenters. The zero-order chi connectivity index (χ0) is 15.8. The van der Waals surface area contributed by atoms with Gasteiger partial charge in [0.05, 0.1) is 14.2 Å². The Morgan fingerprint density at radius 2 is 2.17 bits per heavy atom. The number of carbonyl (C=O) groups is 1. The molecule has 2 N–H and O–H groups in total. The summed E-state index contributed by atoms with van der Waals surface area (Å²) in [6.45, 7) is 2.75. The Kier molecular flexibility index (Phi) is 8.81. The first-order valence-electron chi connectivity index (χ1n) is 7.91. The number of benzene rings is 1. The van der Waals surface area contributed by atoms with Crippen LogP contribution < -0.4 is 20.1 Å². The molecule has 0 saturated carbocycles. The molecule has 0 radical (unpaired) electrons. The van der Waals surface area contributed by atoms with E-state index in [0.717, 1.165) is 43.0 Å². The second kappa shape index (κ2) is 10.3. The summed E-state index contributed by atoms with van der Waals surface area (Å²) in [5.41, 5.74) is 1.04. The van der Waals surface area contributed by atoms with Crippen molar-refractivity contribution in [3.05, 3.63) is 23.8 Å². The van der Waals surface area contributed by atoms with E-state index in [2.05, 4.69) is 10.6 Å². The largest absolute Gasteiger partial charge is 0.497 e. The Morgan fingerprint density at radius 1 is 1.35 bits per heavy atom. The first-order valence-corrected chi connectivity index (χ1v) is 7.91. The second-order valence-corrected chi connectivity index (χ2v) is 5.68. The van der Waals surface area contributed by atoms with E-state index in [9.17, 15) is 4.79 Å². The Bertz CT molecular complexity index is 491. The first kappa shape index (κ1) is 19.6. The number of methoxy groups -OCH3 is 2. The van der Waals surface area contributed by atoms with E-state index in [1.165, 1.54) is 6.42 Å². The van der Waals surface area contributed by atoms with E-state index in [4.69, 9.17) is 9.47 Å². The van der Waals surface area contributed by atoms with Crippen molar-refractivity contribution in [3.63, 3.8) is 0 Å². The molecule has 130 valence electrons. The lowest BCUT2D eigenvalue weighted by molar-refractivity contribution is -0.121. The number of carbonyl (C=O) groups excluding carboxylic acids is 1. The summed E-state index contributed by atoms with van der Waals surface area (Å²) in [5, 5.41) is 6.31. The molecule has 1 aromatic rings. The van der Waals surface area contributed by atoms with E-state index in [1.54, 1.807) is 14.2 Å². The van der Waals surface area contributed by atoms with Crippen LogP contribution in [0.25, 0.3) is 0 Å². The van der Waals surface area contributed by atoms with Gasteiger partial charge in [-0.05, 0) is 62.0 Å². The van der Waals surface area contributed by atoms with Crippen molar-refractivity contribution in [3.8, 4) is 11.5 Å². The molecule has 5 nitrogen and oxygen atoms in total. The van der Waals surface area contributed by atoms with Crippen LogP contribution in [-0.2, 0) is 11.2 Å². The average molecular weight is 343 g/mol. The number of nitrogens with one attached hydrogen (secondary N) is 2. The molecule has 23 heavy (non-hydrogen) atoms. The molecule has 1 unspecified atom stereocenters. The van der Waals surface area contributed by atoms with Gasteiger partial charge in [-0.3, -0.25) is 4.79 Å². The molecule has 0 aromatic heterocycles. The van der Waals surface area contributed by atoms with Gasteiger partial charge >= 0.3 is 0 Å². The lowest BCUT2D eigenvalue weighted by Crippen LogP contribution is -2.26. The van der Waals surface area contributed by atoms with Gasteiger partial charge in [-0.15, -0.1) is 12.4 Å². The number of amides is 1. The topological polar surface area (TPSA) is 59.6 Å². The van der Waals surface area contributed by atoms with Gasteiger partial charge in [-0.2, -0.15) is 0 Å². The normalized spacial score (nSPS) is 16.5. The molecule has 1 amide bonds. The molecule has 6 heteroatoms. The fourth-order valence-corrected chi connectivity index (χ4v) is 2.80. The predicted octanol–water partition coefficient (Wildman–Crippen LogP) is 2.17. The third-order valence-corrected chi connectivity index (χ3v) is 4.15. The van der Waals surface area contributed by atoms with Crippen molar-refractivity contribution in [1.29, 1.82) is 0 Å². The predicted molar refractivity (Wildman–Crippen MR) is 93.7 cm³/mol. The van der Waals surface area contributed by atoms with Gasteiger partial charge in [0.15, 0.2) is 0 Å². The minimum Gasteiger partial charge on any atom is -0.497 e. The fourth-order valence-electron chi connectivity index (χ4n) is 2.80. The minimum absolute atomic E-state index is 0. The highest BCUT2D eigenvalue weighted by molar-refractivity contribution is 5.85. The quantitative estimate of drug-likeness (QED) is 0.760. The van der Waals surface area contributed by atoms with Gasteiger partial charge in [0.1, 0.15) is 11.5 Å². The monoisotopic (exact) mass is 342 g/mol. The Balaban J connectivity index is 0.00000264. The molecule has 1 fully saturated rings. The molecule has 1 aliphatic heterocycles. The van der Waals surface area contributed by atoms with Crippen LogP contribution in [0.4, 0.5) is 0 Å². The van der Waals surface area contributed by atoms with E-state index in [1.807, 2.05) is 18.2 Å². The number of halogens is 1. The summed E-state index contributed by atoms with van der Waals surface area (Å²) in [7, 11) is 3.30. The van der Waals surface area contributed by atoms with Crippen molar-refractivity contribution in [1.82, 2.24) is 10.6 Å². The fraction of sp³-hybridized carbons (Fsp3) is 0.588. The molecule has 0 bridgehead atoms. The van der Waals surface area contributed by atoms with Crippen molar-refractivity contribution in [2.45, 2.75) is 25.7 Å². The number of hydrogen-bond acceptors (Lipinski definition) is 4. The van der Waals surface area contributed by atoms with Crippen LogP contribution in [0.15, 0.2) is 18.2 Å². The van der Waals surface area contributed by atoms with Crippen molar-refractivity contribution >= 4 is 18.3 Å². The summed E-state index contributed by atoms with van der Waals surface area (Å²) in [6.07, 6.45) is 3.51. The Labute approximate surface area is 144 Å². The van der Waals surface area contributed by atoms with E-state index >= 15 is 0 Å². The SMILES string of the molecule is COc1ccc(OC)c(CCNC(=O)CCC2CCNC2)c1.Cl. The maximum absolute atomic E-state index is 11.9. The van der Waals surface area contributed by atoms with Crippen LogP contribution in [0.3, 0.4) is 0 Å². The summed E-state index contributed by atoms with van der Waals surface area (Å²) in [6, 6.07) is 5.72. The standard InChI is InChI=1S/C17H26N2O3.ClH/c1-21-15-4-5-16(22-2)14(11-15)8-10-19-17(20)6-3-13-7-9-18-12-13;/h4-5,11,13,18H,3,6-10,12H2,1-2H3,(H,19,20);1H. The van der Waals surface area contributed by atoms with Crippen LogP contribution in [-0.4, -0.2) is 39.8 Å². The summed E-state index contributed by atoms with van der Waals surface area (Å²) in [4.78, 5) is 11.9. The highest BCUT2D eigenvalue weighted by atomic mass is 35.5. The summed E-state index contributed by atoms with van der Waals surface area (Å²) >= 11 is 0. The van der Waals surface area contributed by atoms with Crippen molar-refractivity contribution < 1.29 is 14.3 Å². The molecular weight excluding hydrogens is 316 g/mol. The Hall–Kier alpha value is -1.46. The van der Waals surface area contributed by atoms with Gasteiger partial charge < -0.3 is 20.1 Å². The van der Waals surface area contributed by atoms with E-state index in [0.29, 0.717) is 18.9 Å². The lowest BCUT2D eigenvalue weighted by Gasteiger charge is -2.12. The molecule has 1 aliphatic rings. The zero-order valence-electron chi connectivity index (χ0n) is 13.9. The second-order valence-electron chi connectivity index (χ2n) is 5.68. The number of ether oxygens (including phenoxy) is 2. The van der Waals surface area contributed by atoms with Gasteiger partial charge in [0.25, 0.3) is 0 Å². The molecule has 0 spiro atoms. The van der Waals surface area contributed by atoms with Crippen LogP contribution >= 0.6 is 12.4 Å². The van der Waals surface area contributed by atoms with Gasteiger partial charge in [-0.25, -0.2) is 0 Å². The maximum atomic E-state index is 11.9. The third kappa shape index (κ3) is 6.28. The summed E-state index contributed by atoms with van der Waals surface area (Å²) in [5.74, 6) is 2.42. The molecule has 1 aromatic carbocycles. The number of rotatable bonds is 8. The van der Waals surface area contributed by atoms with Crippen molar-refractivity contribution in [2.24, 2.45) is 5.92 Å². The van der Waals surface area contributed by atoms with Crippen LogP contribution in [0, 0.1) is 5.92 Å². The highest BCUT2D eigenvalue weighted by Crippen LogP contribution is 2.24. The van der Waals surface area contributed by atoms with Crippen molar-refractivity contribution in [2.75, 3.05) is 33.9 Å². The first-order chi connectivity index (χ1) is 10.7. The summed E-state index contributed by atoms with van der Waals surface area (Å²) < 4.78 is 10.6. The maximum Gasteiger partial charge on any atom is 0.220 e. The van der Waals surface area contributed by atoms with Gasteiger partial charge in [0, 0.05) is 13.0 Å². The van der Waals surface area contributed by atoms with Crippen LogP contribution in [0.2, 0.25) is 0 Å². The number of hydrogen-bond donors (Lipinski definition) is 2. The Morgan fingerprint density at radius 3 is 2.83 bits per heavy atom. The smallest absolute Gasteiger partial charge is 0.220 e. The average Bonchev–Trinajstić information content (AvgIpc) is 3.06. The van der Waals surface area contributed by atoms with Crippen LogP contribution in [0.5, 0.6) is 11.5 Å². The van der Waals surface area contributed by atoms with E-state index in [-0.39, 0.29) is 18.3 Å². The molecule has 0 aliphatic carbocycles. The van der Waals surface area contributed by atoms with Crippen LogP contribution in [0.1, 0.15) is 24.8 Å². The van der Waals surface area contributed by atoms with Gasteiger partial charge in [-0.1, -0.05) is 0 Å². The van der Waals surface area contributed by atoms with Gasteiger partial charge in [0.2, 0.25) is 5.91 Å². The molecule has 1 heterocycles. The highest BCUT2D eigenvalue weighted by Gasteiger charge is 2.15. The molecule has 2 rings (SSSR count). The zero-order valence-corrected chi connectivity index (χ0v) is 14.7. The third-order valence-electron chi connectivity index (χ3n) is 4.15. The minimum atomic E-state index is 0. The molecular formula is C17H27ClN2O3. The van der Waals surface area contributed by atoms with E-state index < -0.39 is 0 Å². The lowest BCUT2D eigenvalue weighted by atomic mass is 10.0.